The molecule has 0 saturated heterocycles. The third-order valence-corrected chi connectivity index (χ3v) is 7.46. The molecular formula is C28H30N2O9S. The predicted octanol–water partition coefficient (Wildman–Crippen LogP) is 3.81. The molecule has 11 nitrogen and oxygen atoms in total. The average Bonchev–Trinajstić information content (AvgIpc) is 2.95. The zero-order valence-corrected chi connectivity index (χ0v) is 23.5. The van der Waals surface area contributed by atoms with Gasteiger partial charge in [-0.15, -0.1) is 0 Å². The average molecular weight is 571 g/mol. The van der Waals surface area contributed by atoms with Crippen LogP contribution in [0.1, 0.15) is 33.2 Å². The van der Waals surface area contributed by atoms with Crippen LogP contribution < -0.4 is 19.1 Å². The van der Waals surface area contributed by atoms with Crippen molar-refractivity contribution < 1.29 is 41.7 Å². The number of sulfonamides is 1. The molecule has 0 radical (unpaired) electrons. The molecule has 0 spiro atoms. The molecule has 1 amide bonds. The van der Waals surface area contributed by atoms with Crippen LogP contribution in [0.25, 0.3) is 0 Å². The maximum atomic E-state index is 13.9. The summed E-state index contributed by atoms with van der Waals surface area (Å²) in [5.41, 5.74) is 0.902. The van der Waals surface area contributed by atoms with Gasteiger partial charge in [0.05, 0.1) is 44.8 Å². The second-order valence-electron chi connectivity index (χ2n) is 8.42. The van der Waals surface area contributed by atoms with E-state index in [1.54, 1.807) is 25.1 Å². The van der Waals surface area contributed by atoms with Crippen molar-refractivity contribution in [2.45, 2.75) is 18.7 Å². The third kappa shape index (κ3) is 6.89. The maximum Gasteiger partial charge on any atom is 0.337 e. The van der Waals surface area contributed by atoms with Crippen molar-refractivity contribution in [1.29, 1.82) is 0 Å². The smallest absolute Gasteiger partial charge is 0.337 e. The van der Waals surface area contributed by atoms with Gasteiger partial charge in [0.25, 0.3) is 10.0 Å². The molecule has 3 aromatic carbocycles. The largest absolute Gasteiger partial charge is 0.495 e. The SMILES string of the molecule is CCOc1ccc(N(CC(=O)Nc2cc(C(=O)OC)cc(C(=O)OC)c2)S(=O)(=O)c2cc(C)ccc2OC)cc1. The van der Waals surface area contributed by atoms with Gasteiger partial charge in [-0.25, -0.2) is 18.0 Å². The highest BCUT2D eigenvalue weighted by Crippen LogP contribution is 2.32. The van der Waals surface area contributed by atoms with Crippen molar-refractivity contribution in [2.24, 2.45) is 0 Å². The number of carbonyl (C=O) groups is 3. The molecule has 0 bridgehead atoms. The topological polar surface area (TPSA) is 138 Å². The number of rotatable bonds is 11. The van der Waals surface area contributed by atoms with E-state index in [0.29, 0.717) is 17.9 Å². The number of esters is 2. The van der Waals surface area contributed by atoms with Gasteiger partial charge in [0.2, 0.25) is 5.91 Å². The van der Waals surface area contributed by atoms with Crippen molar-refractivity contribution in [1.82, 2.24) is 0 Å². The highest BCUT2D eigenvalue weighted by molar-refractivity contribution is 7.93. The summed E-state index contributed by atoms with van der Waals surface area (Å²) in [6, 6.07) is 14.8. The van der Waals surface area contributed by atoms with E-state index in [9.17, 15) is 22.8 Å². The zero-order valence-electron chi connectivity index (χ0n) is 22.7. The molecule has 0 aliphatic carbocycles. The summed E-state index contributed by atoms with van der Waals surface area (Å²) < 4.78 is 49.0. The number of aryl methyl sites for hydroxylation is 1. The second kappa shape index (κ2) is 13.0. The number of methoxy groups -OCH3 is 3. The Morgan fingerprint density at radius 1 is 0.850 bits per heavy atom. The van der Waals surface area contributed by atoms with Crippen LogP contribution in [0.5, 0.6) is 11.5 Å². The van der Waals surface area contributed by atoms with Gasteiger partial charge in [0.1, 0.15) is 22.9 Å². The van der Waals surface area contributed by atoms with Gasteiger partial charge in [-0.3, -0.25) is 9.10 Å². The number of anilines is 2. The number of hydrogen-bond donors (Lipinski definition) is 1. The monoisotopic (exact) mass is 570 g/mol. The second-order valence-corrected chi connectivity index (χ2v) is 10.3. The predicted molar refractivity (Wildman–Crippen MR) is 148 cm³/mol. The first-order valence-electron chi connectivity index (χ1n) is 12.1. The lowest BCUT2D eigenvalue weighted by Crippen LogP contribution is -2.38. The van der Waals surface area contributed by atoms with Crippen LogP contribution in [0.15, 0.2) is 65.6 Å². The Hall–Kier alpha value is -4.58. The molecule has 0 atom stereocenters. The van der Waals surface area contributed by atoms with Crippen LogP contribution in [0.4, 0.5) is 11.4 Å². The molecule has 0 aliphatic heterocycles. The van der Waals surface area contributed by atoms with Crippen molar-refractivity contribution in [3.8, 4) is 11.5 Å². The highest BCUT2D eigenvalue weighted by Gasteiger charge is 2.30. The number of nitrogens with zero attached hydrogens (tertiary/aromatic N) is 1. The molecule has 3 aromatic rings. The van der Waals surface area contributed by atoms with E-state index in [4.69, 9.17) is 18.9 Å². The quantitative estimate of drug-likeness (QED) is 0.341. The van der Waals surface area contributed by atoms with E-state index < -0.39 is 34.4 Å². The summed E-state index contributed by atoms with van der Waals surface area (Å²) in [7, 11) is -0.630. The first-order chi connectivity index (χ1) is 19.0. The summed E-state index contributed by atoms with van der Waals surface area (Å²) in [5.74, 6) is -1.61. The number of nitrogens with one attached hydrogen (secondary N) is 1. The molecule has 212 valence electrons. The molecule has 0 unspecified atom stereocenters. The summed E-state index contributed by atoms with van der Waals surface area (Å²) in [6.45, 7) is 3.32. The van der Waals surface area contributed by atoms with Crippen LogP contribution in [-0.4, -0.2) is 60.7 Å². The lowest BCUT2D eigenvalue weighted by atomic mass is 10.1. The van der Waals surface area contributed by atoms with Gasteiger partial charge in [0.15, 0.2) is 0 Å². The number of carbonyl (C=O) groups excluding carboxylic acids is 3. The summed E-state index contributed by atoms with van der Waals surface area (Å²) >= 11 is 0. The standard InChI is InChI=1S/C28H30N2O9S/c1-6-39-23-10-8-22(9-11-23)30(40(34,35)25-13-18(2)7-12-24(25)36-3)17-26(31)29-21-15-19(27(32)37-4)14-20(16-21)28(33)38-5/h7-16H,6,17H2,1-5H3,(H,29,31). The first-order valence-corrected chi connectivity index (χ1v) is 13.5. The molecular weight excluding hydrogens is 540 g/mol. The normalized spacial score (nSPS) is 10.8. The molecule has 3 rings (SSSR count). The third-order valence-electron chi connectivity index (χ3n) is 5.67. The van der Waals surface area contributed by atoms with E-state index in [-0.39, 0.29) is 33.1 Å². The van der Waals surface area contributed by atoms with Crippen molar-refractivity contribution in [3.05, 3.63) is 77.4 Å². The van der Waals surface area contributed by atoms with E-state index in [0.717, 1.165) is 4.31 Å². The molecule has 0 aliphatic rings. The summed E-state index contributed by atoms with van der Waals surface area (Å²) in [4.78, 5) is 37.4. The van der Waals surface area contributed by atoms with Crippen LogP contribution in [0.2, 0.25) is 0 Å². The van der Waals surface area contributed by atoms with Gasteiger partial charge in [0, 0.05) is 5.69 Å². The van der Waals surface area contributed by atoms with Crippen LogP contribution in [0.3, 0.4) is 0 Å². The van der Waals surface area contributed by atoms with Crippen molar-refractivity contribution in [2.75, 3.05) is 44.1 Å². The molecule has 0 fully saturated rings. The van der Waals surface area contributed by atoms with E-state index in [1.807, 2.05) is 6.92 Å². The Balaban J connectivity index is 2.04. The van der Waals surface area contributed by atoms with Crippen LogP contribution in [0, 0.1) is 6.92 Å². The van der Waals surface area contributed by atoms with Gasteiger partial charge in [-0.05, 0) is 74.0 Å². The van der Waals surface area contributed by atoms with Crippen molar-refractivity contribution >= 4 is 39.2 Å². The fraction of sp³-hybridized carbons (Fsp3) is 0.250. The van der Waals surface area contributed by atoms with E-state index in [2.05, 4.69) is 5.32 Å². The number of amides is 1. The number of hydrogen-bond acceptors (Lipinski definition) is 9. The summed E-state index contributed by atoms with van der Waals surface area (Å²) in [5, 5.41) is 2.56. The van der Waals surface area contributed by atoms with Crippen LogP contribution >= 0.6 is 0 Å². The minimum atomic E-state index is -4.32. The molecule has 0 heterocycles. The number of benzene rings is 3. The van der Waals surface area contributed by atoms with Gasteiger partial charge in [-0.2, -0.15) is 0 Å². The fourth-order valence-electron chi connectivity index (χ4n) is 3.80. The minimum Gasteiger partial charge on any atom is -0.495 e. The lowest BCUT2D eigenvalue weighted by Gasteiger charge is -2.25. The Morgan fingerprint density at radius 3 is 1.98 bits per heavy atom. The Labute approximate surface area is 232 Å². The van der Waals surface area contributed by atoms with Crippen molar-refractivity contribution in [3.63, 3.8) is 0 Å². The molecule has 0 saturated carbocycles. The Morgan fingerprint density at radius 2 is 1.45 bits per heavy atom. The van der Waals surface area contributed by atoms with Gasteiger partial charge < -0.3 is 24.3 Å². The first kappa shape index (κ1) is 30.0. The summed E-state index contributed by atoms with van der Waals surface area (Å²) in [6.07, 6.45) is 0. The lowest BCUT2D eigenvalue weighted by molar-refractivity contribution is -0.114. The van der Waals surface area contributed by atoms with Gasteiger partial charge >= 0.3 is 11.9 Å². The van der Waals surface area contributed by atoms with Crippen LogP contribution in [-0.2, 0) is 24.3 Å². The van der Waals surface area contributed by atoms with E-state index >= 15 is 0 Å². The minimum absolute atomic E-state index is 0.0128. The Bertz CT molecular complexity index is 1470. The number of ether oxygens (including phenoxy) is 4. The molecule has 0 aromatic heterocycles. The zero-order chi connectivity index (χ0) is 29.4. The van der Waals surface area contributed by atoms with E-state index in [1.165, 1.54) is 63.8 Å². The fourth-order valence-corrected chi connectivity index (χ4v) is 5.46. The van der Waals surface area contributed by atoms with Gasteiger partial charge in [-0.1, -0.05) is 6.07 Å². The molecule has 12 heteroatoms. The molecule has 1 N–H and O–H groups in total. The Kier molecular flexibility index (Phi) is 9.73. The maximum absolute atomic E-state index is 13.9. The highest BCUT2D eigenvalue weighted by atomic mass is 32.2. The molecule has 40 heavy (non-hydrogen) atoms.